The van der Waals surface area contributed by atoms with Crippen molar-refractivity contribution in [3.63, 3.8) is 0 Å². The highest BCUT2D eigenvalue weighted by Crippen LogP contribution is 2.07. The molecular weight excluding hydrogens is 358 g/mol. The van der Waals surface area contributed by atoms with E-state index in [0.29, 0.717) is 12.2 Å². The quantitative estimate of drug-likeness (QED) is 0.677. The van der Waals surface area contributed by atoms with Crippen molar-refractivity contribution in [2.24, 2.45) is 0 Å². The predicted molar refractivity (Wildman–Crippen MR) is 98.5 cm³/mol. The monoisotopic (exact) mass is 375 g/mol. The Morgan fingerprint density at radius 2 is 1.73 bits per heavy atom. The molecule has 136 valence electrons. The Kier molecular flexibility index (Phi) is 6.30. The highest BCUT2D eigenvalue weighted by Gasteiger charge is 2.12. The van der Waals surface area contributed by atoms with Gasteiger partial charge in [0.25, 0.3) is 0 Å². The Balaban J connectivity index is 0.00000243. The van der Waals surface area contributed by atoms with Crippen LogP contribution >= 0.6 is 12.4 Å². The molecule has 3 aromatic rings. The average molecular weight is 376 g/mol. The minimum atomic E-state index is -1.05. The second kappa shape index (κ2) is 8.44. The van der Waals surface area contributed by atoms with Crippen molar-refractivity contribution >= 4 is 29.8 Å². The molecule has 0 atom stereocenters. The number of aromatic nitrogens is 3. The Bertz CT molecular complexity index is 1020. The molecule has 26 heavy (non-hydrogen) atoms. The van der Waals surface area contributed by atoms with E-state index in [1.165, 1.54) is 6.07 Å². The molecule has 0 saturated carbocycles. The number of carbonyl (C=O) groups is 1. The van der Waals surface area contributed by atoms with Gasteiger partial charge in [-0.25, -0.2) is 0 Å². The fourth-order valence-corrected chi connectivity index (χ4v) is 2.68. The van der Waals surface area contributed by atoms with Crippen LogP contribution in [-0.4, -0.2) is 30.8 Å². The molecule has 0 radical (unpaired) electrons. The largest absolute Gasteiger partial charge is 0.511 e. The van der Waals surface area contributed by atoms with Gasteiger partial charge in [-0.3, -0.25) is 14.0 Å². The Morgan fingerprint density at radius 1 is 1.00 bits per heavy atom. The number of pyridine rings is 1. The molecule has 2 heterocycles. The topological polar surface area (TPSA) is 105 Å². The van der Waals surface area contributed by atoms with Gasteiger partial charge in [0.1, 0.15) is 16.8 Å². The number of hydrogen-bond acceptors (Lipinski definition) is 5. The van der Waals surface area contributed by atoms with Crippen molar-refractivity contribution in [1.29, 1.82) is 0 Å². The fourth-order valence-electron chi connectivity index (χ4n) is 2.68. The first-order valence-electron chi connectivity index (χ1n) is 7.90. The molecule has 0 bridgehead atoms. The van der Waals surface area contributed by atoms with Crippen LogP contribution in [0, 0.1) is 0 Å². The molecule has 0 saturated heterocycles. The van der Waals surface area contributed by atoms with E-state index in [4.69, 9.17) is 5.11 Å². The van der Waals surface area contributed by atoms with Crippen molar-refractivity contribution in [2.75, 3.05) is 0 Å². The zero-order valence-corrected chi connectivity index (χ0v) is 14.6. The summed E-state index contributed by atoms with van der Waals surface area (Å²) in [6.07, 6.45) is 2.58. The summed E-state index contributed by atoms with van der Waals surface area (Å²) in [6.45, 7) is 0. The molecule has 1 aromatic carbocycles. The minimum Gasteiger partial charge on any atom is -0.511 e. The number of carboxylic acid groups (broad SMARTS) is 1. The first-order valence-corrected chi connectivity index (χ1v) is 7.90. The normalized spacial score (nSPS) is 11.8. The van der Waals surface area contributed by atoms with E-state index in [2.05, 4.69) is 10.2 Å². The van der Waals surface area contributed by atoms with E-state index >= 15 is 0 Å². The molecule has 0 fully saturated rings. The van der Waals surface area contributed by atoms with E-state index in [9.17, 15) is 14.7 Å². The van der Waals surface area contributed by atoms with Gasteiger partial charge < -0.3 is 10.2 Å². The third kappa shape index (κ3) is 4.18. The van der Waals surface area contributed by atoms with Crippen molar-refractivity contribution in [2.45, 2.75) is 25.7 Å². The number of benzene rings is 1. The van der Waals surface area contributed by atoms with Crippen molar-refractivity contribution < 1.29 is 15.0 Å². The molecule has 0 amide bonds. The molecule has 0 aliphatic rings. The zero-order chi connectivity index (χ0) is 17.8. The Hall–Kier alpha value is -2.93. The summed E-state index contributed by atoms with van der Waals surface area (Å²) in [5.74, 6) is -0.651. The Labute approximate surface area is 155 Å². The molecule has 8 heteroatoms. The van der Waals surface area contributed by atoms with Gasteiger partial charge >= 0.3 is 5.97 Å². The number of fused-ring (bicyclic) bond motifs is 1. The van der Waals surface area contributed by atoms with Gasteiger partial charge in [0.05, 0.1) is 6.42 Å². The second-order valence-corrected chi connectivity index (χ2v) is 5.69. The van der Waals surface area contributed by atoms with Gasteiger partial charge in [0.2, 0.25) is 0 Å². The summed E-state index contributed by atoms with van der Waals surface area (Å²) in [5, 5.41) is 27.0. The van der Waals surface area contributed by atoms with E-state index in [0.717, 1.165) is 12.0 Å². The molecule has 0 aliphatic carbocycles. The van der Waals surface area contributed by atoms with Crippen LogP contribution in [0.15, 0.2) is 47.4 Å². The number of hydrogen-bond donors (Lipinski definition) is 2. The lowest BCUT2D eigenvalue weighted by atomic mass is 10.1. The highest BCUT2D eigenvalue weighted by atomic mass is 35.5. The third-order valence-electron chi connectivity index (χ3n) is 3.96. The summed E-state index contributed by atoms with van der Waals surface area (Å²) in [4.78, 5) is 22.8. The van der Waals surface area contributed by atoms with Gasteiger partial charge in [-0.1, -0.05) is 30.3 Å². The maximum absolute atomic E-state index is 12.1. The molecule has 2 N–H and O–H groups in total. The average Bonchev–Trinajstić information content (AvgIpc) is 3.01. The molecule has 0 aliphatic heterocycles. The summed E-state index contributed by atoms with van der Waals surface area (Å²) < 4.78 is 1.66. The lowest BCUT2D eigenvalue weighted by Gasteiger charge is -2.02. The zero-order valence-electron chi connectivity index (χ0n) is 13.8. The SMILES string of the molecule is Cl.O=C(O)CCC(O)=c1c(=O)ccn2c(CCc3ccccc3)nnc12. The highest BCUT2D eigenvalue weighted by molar-refractivity contribution is 5.85. The molecule has 0 unspecified atom stereocenters. The second-order valence-electron chi connectivity index (χ2n) is 5.69. The summed E-state index contributed by atoms with van der Waals surface area (Å²) in [5.41, 5.74) is 1.01. The number of carboxylic acids is 1. The van der Waals surface area contributed by atoms with E-state index < -0.39 is 11.4 Å². The molecule has 3 rings (SSSR count). The van der Waals surface area contributed by atoms with Crippen LogP contribution in [0.25, 0.3) is 11.4 Å². The van der Waals surface area contributed by atoms with Crippen LogP contribution in [0.1, 0.15) is 24.2 Å². The summed E-state index contributed by atoms with van der Waals surface area (Å²) in [6, 6.07) is 11.3. The van der Waals surface area contributed by atoms with Crippen LogP contribution in [0.2, 0.25) is 0 Å². The van der Waals surface area contributed by atoms with Crippen LogP contribution < -0.4 is 10.6 Å². The maximum atomic E-state index is 12.1. The first-order chi connectivity index (χ1) is 12.1. The number of halogens is 1. The summed E-state index contributed by atoms with van der Waals surface area (Å²) >= 11 is 0. The van der Waals surface area contributed by atoms with E-state index in [1.807, 2.05) is 30.3 Å². The van der Waals surface area contributed by atoms with Crippen molar-refractivity contribution in [3.8, 4) is 0 Å². The smallest absolute Gasteiger partial charge is 0.303 e. The Morgan fingerprint density at radius 3 is 2.42 bits per heavy atom. The van der Waals surface area contributed by atoms with Gasteiger partial charge in [-0.15, -0.1) is 22.6 Å². The fraction of sp³-hybridized carbons (Fsp3) is 0.222. The third-order valence-corrected chi connectivity index (χ3v) is 3.96. The lowest BCUT2D eigenvalue weighted by Crippen LogP contribution is -2.29. The predicted octanol–water partition coefficient (Wildman–Crippen LogP) is 1.55. The van der Waals surface area contributed by atoms with Gasteiger partial charge in [0, 0.05) is 25.1 Å². The molecule has 2 aromatic heterocycles. The number of aliphatic carboxylic acids is 1. The molecular formula is C18H18ClN3O4. The van der Waals surface area contributed by atoms with Crippen LogP contribution in [0.3, 0.4) is 0 Å². The molecule has 7 nitrogen and oxygen atoms in total. The minimum absolute atomic E-state index is 0. The van der Waals surface area contributed by atoms with E-state index in [1.54, 1.807) is 10.6 Å². The number of aliphatic hydroxyl groups is 1. The van der Waals surface area contributed by atoms with Crippen LogP contribution in [0.5, 0.6) is 0 Å². The maximum Gasteiger partial charge on any atom is 0.303 e. The number of nitrogens with zero attached hydrogens (tertiary/aromatic N) is 3. The van der Waals surface area contributed by atoms with Crippen LogP contribution in [-0.2, 0) is 17.6 Å². The molecule has 0 spiro atoms. The number of aryl methyl sites for hydroxylation is 2. The van der Waals surface area contributed by atoms with Crippen molar-refractivity contribution in [3.05, 3.63) is 69.4 Å². The van der Waals surface area contributed by atoms with Gasteiger partial charge in [-0.2, -0.15) is 0 Å². The number of aliphatic hydroxyl groups excluding tert-OH is 1. The van der Waals surface area contributed by atoms with Crippen molar-refractivity contribution in [1.82, 2.24) is 14.6 Å². The van der Waals surface area contributed by atoms with E-state index in [-0.39, 0.29) is 41.9 Å². The summed E-state index contributed by atoms with van der Waals surface area (Å²) in [7, 11) is 0. The number of rotatable bonds is 6. The standard InChI is InChI=1S/C18H17N3O4.ClH/c22-13(7-9-16(24)25)17-14(23)10-11-21-15(19-20-18(17)21)8-6-12-4-2-1-3-5-12;/h1-5,10-11,22H,6-9H2,(H,24,25);1H. The van der Waals surface area contributed by atoms with Gasteiger partial charge in [-0.05, 0) is 12.0 Å². The lowest BCUT2D eigenvalue weighted by molar-refractivity contribution is -0.136. The van der Waals surface area contributed by atoms with Gasteiger partial charge in [0.15, 0.2) is 11.1 Å². The van der Waals surface area contributed by atoms with Crippen LogP contribution in [0.4, 0.5) is 0 Å². The first kappa shape index (κ1) is 19.4.